The highest BCUT2D eigenvalue weighted by molar-refractivity contribution is 5.79. The summed E-state index contributed by atoms with van der Waals surface area (Å²) in [6, 6.07) is 0. The molecular weight excluding hydrogens is 292 g/mol. The van der Waals surface area contributed by atoms with Gasteiger partial charge in [-0.15, -0.1) is 0 Å². The van der Waals surface area contributed by atoms with E-state index < -0.39 is 5.60 Å². The van der Waals surface area contributed by atoms with E-state index in [2.05, 4.69) is 12.2 Å². The van der Waals surface area contributed by atoms with E-state index in [1.165, 1.54) is 19.3 Å². The van der Waals surface area contributed by atoms with Crippen molar-refractivity contribution in [2.45, 2.75) is 83.8 Å². The molecular formula is C18H32N2O3. The Morgan fingerprint density at radius 3 is 2.17 bits per heavy atom. The number of nitrogens with one attached hydrogen (secondary N) is 1. The standard InChI is InChI=1S/C18H32N2O3/c1-17(2,3)23-16(22)20-12-10-18(4,11-13-20)19-15(21)14-8-6-5-7-9-14/h14H,5-13H2,1-4H3,(H,19,21). The van der Waals surface area contributed by atoms with Crippen LogP contribution >= 0.6 is 0 Å². The minimum atomic E-state index is -0.465. The SMILES string of the molecule is CC1(NC(=O)C2CCCCC2)CCN(C(=O)OC(C)(C)C)CC1. The molecule has 0 spiro atoms. The molecule has 1 heterocycles. The summed E-state index contributed by atoms with van der Waals surface area (Å²) >= 11 is 0. The van der Waals surface area contributed by atoms with Crippen LogP contribution in [0.4, 0.5) is 4.79 Å². The Hall–Kier alpha value is -1.26. The molecule has 2 aliphatic rings. The molecule has 0 aromatic carbocycles. The van der Waals surface area contributed by atoms with Crippen LogP contribution in [-0.2, 0) is 9.53 Å². The molecule has 2 fully saturated rings. The lowest BCUT2D eigenvalue weighted by atomic mass is 9.85. The summed E-state index contributed by atoms with van der Waals surface area (Å²) in [6.07, 6.45) is 6.94. The average Bonchev–Trinajstić information content (AvgIpc) is 2.46. The first-order valence-corrected chi connectivity index (χ1v) is 8.98. The lowest BCUT2D eigenvalue weighted by molar-refractivity contribution is -0.128. The van der Waals surface area contributed by atoms with E-state index >= 15 is 0 Å². The van der Waals surface area contributed by atoms with E-state index in [0.717, 1.165) is 25.7 Å². The van der Waals surface area contributed by atoms with Crippen molar-refractivity contribution in [1.82, 2.24) is 10.2 Å². The zero-order valence-electron chi connectivity index (χ0n) is 15.1. The fraction of sp³-hybridized carbons (Fsp3) is 0.889. The van der Waals surface area contributed by atoms with E-state index in [1.807, 2.05) is 20.8 Å². The molecule has 0 atom stereocenters. The molecule has 0 aromatic rings. The quantitative estimate of drug-likeness (QED) is 0.846. The van der Waals surface area contributed by atoms with Gasteiger partial charge >= 0.3 is 6.09 Å². The van der Waals surface area contributed by atoms with Gasteiger partial charge in [0.2, 0.25) is 5.91 Å². The molecule has 132 valence electrons. The highest BCUT2D eigenvalue weighted by Gasteiger charge is 2.36. The minimum absolute atomic E-state index is 0.185. The normalized spacial score (nSPS) is 22.5. The third-order valence-electron chi connectivity index (χ3n) is 4.92. The van der Waals surface area contributed by atoms with Crippen molar-refractivity contribution in [3.05, 3.63) is 0 Å². The molecule has 1 saturated heterocycles. The van der Waals surface area contributed by atoms with Gasteiger partial charge < -0.3 is 15.0 Å². The van der Waals surface area contributed by atoms with Gasteiger partial charge in [0, 0.05) is 24.5 Å². The molecule has 0 unspecified atom stereocenters. The lowest BCUT2D eigenvalue weighted by Crippen LogP contribution is -2.56. The number of likely N-dealkylation sites (tertiary alicyclic amines) is 1. The number of carbonyl (C=O) groups excluding carboxylic acids is 2. The number of amides is 2. The molecule has 1 saturated carbocycles. The first-order chi connectivity index (χ1) is 10.7. The number of rotatable bonds is 2. The Morgan fingerprint density at radius 1 is 1.09 bits per heavy atom. The molecule has 2 rings (SSSR count). The van der Waals surface area contributed by atoms with Gasteiger partial charge in [-0.05, 0) is 53.4 Å². The highest BCUT2D eigenvalue weighted by Crippen LogP contribution is 2.27. The summed E-state index contributed by atoms with van der Waals surface area (Å²) < 4.78 is 5.42. The molecule has 23 heavy (non-hydrogen) atoms. The fourth-order valence-corrected chi connectivity index (χ4v) is 3.40. The van der Waals surface area contributed by atoms with Crippen LogP contribution in [0.15, 0.2) is 0 Å². The molecule has 0 radical (unpaired) electrons. The smallest absolute Gasteiger partial charge is 0.410 e. The lowest BCUT2D eigenvalue weighted by Gasteiger charge is -2.41. The van der Waals surface area contributed by atoms with Crippen LogP contribution in [0.3, 0.4) is 0 Å². The van der Waals surface area contributed by atoms with Gasteiger partial charge in [-0.2, -0.15) is 0 Å². The Kier molecular flexibility index (Phi) is 5.58. The van der Waals surface area contributed by atoms with Crippen molar-refractivity contribution < 1.29 is 14.3 Å². The van der Waals surface area contributed by atoms with Crippen molar-refractivity contribution >= 4 is 12.0 Å². The predicted octanol–water partition coefficient (Wildman–Crippen LogP) is 3.47. The summed E-state index contributed by atoms with van der Waals surface area (Å²) in [5.41, 5.74) is -0.667. The van der Waals surface area contributed by atoms with Crippen LogP contribution in [0.2, 0.25) is 0 Å². The van der Waals surface area contributed by atoms with Crippen LogP contribution in [0.25, 0.3) is 0 Å². The van der Waals surface area contributed by atoms with E-state index in [4.69, 9.17) is 4.74 Å². The summed E-state index contributed by atoms with van der Waals surface area (Å²) in [5.74, 6) is 0.391. The monoisotopic (exact) mass is 324 g/mol. The van der Waals surface area contributed by atoms with E-state index in [1.54, 1.807) is 4.90 Å². The second kappa shape index (κ2) is 7.10. The number of hydrogen-bond acceptors (Lipinski definition) is 3. The Labute approximate surface area is 140 Å². The molecule has 1 aliphatic heterocycles. The van der Waals surface area contributed by atoms with Gasteiger partial charge in [-0.1, -0.05) is 19.3 Å². The van der Waals surface area contributed by atoms with Crippen LogP contribution in [0.1, 0.15) is 72.6 Å². The van der Waals surface area contributed by atoms with E-state index in [0.29, 0.717) is 13.1 Å². The maximum absolute atomic E-state index is 12.5. The first kappa shape index (κ1) is 18.1. The first-order valence-electron chi connectivity index (χ1n) is 8.98. The van der Waals surface area contributed by atoms with Crippen molar-refractivity contribution in [3.63, 3.8) is 0 Å². The van der Waals surface area contributed by atoms with Crippen molar-refractivity contribution in [2.24, 2.45) is 5.92 Å². The van der Waals surface area contributed by atoms with Crippen molar-refractivity contribution in [1.29, 1.82) is 0 Å². The molecule has 1 aliphatic carbocycles. The van der Waals surface area contributed by atoms with Crippen LogP contribution in [0, 0.1) is 5.92 Å². The fourth-order valence-electron chi connectivity index (χ4n) is 3.40. The molecule has 5 nitrogen and oxygen atoms in total. The summed E-state index contributed by atoms with van der Waals surface area (Å²) in [5, 5.41) is 3.25. The Balaban J connectivity index is 1.82. The highest BCUT2D eigenvalue weighted by atomic mass is 16.6. The third kappa shape index (κ3) is 5.40. The van der Waals surface area contributed by atoms with Crippen LogP contribution in [-0.4, -0.2) is 41.1 Å². The van der Waals surface area contributed by atoms with Gasteiger partial charge in [0.05, 0.1) is 0 Å². The van der Waals surface area contributed by atoms with Gasteiger partial charge in [0.25, 0.3) is 0 Å². The molecule has 2 amide bonds. The molecule has 0 bridgehead atoms. The largest absolute Gasteiger partial charge is 0.444 e. The Bertz CT molecular complexity index is 428. The average molecular weight is 324 g/mol. The predicted molar refractivity (Wildman–Crippen MR) is 90.2 cm³/mol. The zero-order chi connectivity index (χ0) is 17.1. The van der Waals surface area contributed by atoms with E-state index in [-0.39, 0.29) is 23.5 Å². The molecule has 0 aromatic heterocycles. The maximum Gasteiger partial charge on any atom is 0.410 e. The van der Waals surface area contributed by atoms with Gasteiger partial charge in [-0.25, -0.2) is 4.79 Å². The van der Waals surface area contributed by atoms with Crippen molar-refractivity contribution in [3.8, 4) is 0 Å². The zero-order valence-corrected chi connectivity index (χ0v) is 15.1. The van der Waals surface area contributed by atoms with Gasteiger partial charge in [-0.3, -0.25) is 4.79 Å². The second-order valence-corrected chi connectivity index (χ2v) is 8.35. The Morgan fingerprint density at radius 2 is 1.65 bits per heavy atom. The summed E-state index contributed by atoms with van der Waals surface area (Å²) in [4.78, 5) is 26.3. The minimum Gasteiger partial charge on any atom is -0.444 e. The van der Waals surface area contributed by atoms with Crippen LogP contribution < -0.4 is 5.32 Å². The maximum atomic E-state index is 12.5. The number of ether oxygens (including phenoxy) is 1. The number of hydrogen-bond donors (Lipinski definition) is 1. The molecule has 5 heteroatoms. The van der Waals surface area contributed by atoms with Crippen LogP contribution in [0.5, 0.6) is 0 Å². The van der Waals surface area contributed by atoms with Gasteiger partial charge in [0.15, 0.2) is 0 Å². The van der Waals surface area contributed by atoms with E-state index in [9.17, 15) is 9.59 Å². The van der Waals surface area contributed by atoms with Gasteiger partial charge in [0.1, 0.15) is 5.60 Å². The summed E-state index contributed by atoms with van der Waals surface area (Å²) in [6.45, 7) is 9.00. The molecule has 1 N–H and O–H groups in total. The van der Waals surface area contributed by atoms with Crippen molar-refractivity contribution in [2.75, 3.05) is 13.1 Å². The third-order valence-corrected chi connectivity index (χ3v) is 4.92. The number of nitrogens with zero attached hydrogens (tertiary/aromatic N) is 1. The number of piperidine rings is 1. The summed E-state index contributed by atoms with van der Waals surface area (Å²) in [7, 11) is 0. The topological polar surface area (TPSA) is 58.6 Å². The number of carbonyl (C=O) groups is 2. The second-order valence-electron chi connectivity index (χ2n) is 8.35.